The molecule has 0 aliphatic carbocycles. The zero-order chi connectivity index (χ0) is 18.5. The van der Waals surface area contributed by atoms with Crippen LogP contribution in [0, 0.1) is 11.3 Å². The number of aromatic amines is 1. The van der Waals surface area contributed by atoms with Gasteiger partial charge < -0.3 is 15.4 Å². The highest BCUT2D eigenvalue weighted by Crippen LogP contribution is 2.30. The number of H-pyrrole nitrogens is 1. The number of carbonyl (C=O) groups is 1. The zero-order valence-electron chi connectivity index (χ0n) is 14.7. The maximum absolute atomic E-state index is 12.2. The first kappa shape index (κ1) is 18.2. The number of nitrogens with two attached hydrogens (primary N) is 1. The van der Waals surface area contributed by atoms with Gasteiger partial charge in [-0.2, -0.15) is 5.26 Å². The number of nitrogen functional groups attached to an aromatic ring is 1. The van der Waals surface area contributed by atoms with Gasteiger partial charge in [0.25, 0.3) is 5.82 Å². The molecule has 0 spiro atoms. The van der Waals surface area contributed by atoms with Crippen LogP contribution in [-0.2, 0) is 11.3 Å². The maximum Gasteiger partial charge on any atom is 0.348 e. The second-order valence-corrected chi connectivity index (χ2v) is 7.20. The summed E-state index contributed by atoms with van der Waals surface area (Å²) < 4.78 is 5.13. The normalized spacial score (nSPS) is 14.8. The molecule has 1 fully saturated rings. The molecule has 1 aliphatic rings. The first-order chi connectivity index (χ1) is 12.6. The number of carbonyl (C=O) groups excluding carboxylic acids is 1. The lowest BCUT2D eigenvalue weighted by Gasteiger charge is -2.28. The van der Waals surface area contributed by atoms with Crippen molar-refractivity contribution in [1.82, 2.24) is 0 Å². The van der Waals surface area contributed by atoms with Gasteiger partial charge in [-0.15, -0.1) is 11.3 Å². The molecule has 3 heterocycles. The third-order valence-electron chi connectivity index (χ3n) is 4.54. The van der Waals surface area contributed by atoms with E-state index in [1.54, 1.807) is 6.92 Å². The van der Waals surface area contributed by atoms with Crippen LogP contribution in [0.15, 0.2) is 24.4 Å². The fourth-order valence-electron chi connectivity index (χ4n) is 3.21. The van der Waals surface area contributed by atoms with Crippen LogP contribution in [0.2, 0.25) is 0 Å². The SMILES string of the molecule is CCOC(=O)c1sc(N)c(C#N)c1C[NH+]1CCN(c2cccc[nH+]2)CC1. The molecule has 2 aromatic rings. The highest BCUT2D eigenvalue weighted by atomic mass is 32.1. The van der Waals surface area contributed by atoms with Gasteiger partial charge in [-0.1, -0.05) is 6.07 Å². The average molecular weight is 373 g/mol. The largest absolute Gasteiger partial charge is 0.462 e. The summed E-state index contributed by atoms with van der Waals surface area (Å²) in [5, 5.41) is 9.84. The number of rotatable bonds is 5. The molecule has 1 aliphatic heterocycles. The molecule has 26 heavy (non-hydrogen) atoms. The molecule has 2 aromatic heterocycles. The summed E-state index contributed by atoms with van der Waals surface area (Å²) in [6.07, 6.45) is 1.92. The number of nitrogens with one attached hydrogen (secondary N) is 2. The Morgan fingerprint density at radius 1 is 1.46 bits per heavy atom. The Hall–Kier alpha value is -2.63. The van der Waals surface area contributed by atoms with Crippen molar-refractivity contribution in [3.63, 3.8) is 0 Å². The van der Waals surface area contributed by atoms with Crippen LogP contribution in [0.1, 0.15) is 27.7 Å². The van der Waals surface area contributed by atoms with Crippen molar-refractivity contribution in [3.05, 3.63) is 40.4 Å². The molecule has 0 aromatic carbocycles. The topological polar surface area (TPSA) is 97.9 Å². The summed E-state index contributed by atoms with van der Waals surface area (Å²) in [4.78, 5) is 19.6. The molecule has 0 bridgehead atoms. The van der Waals surface area contributed by atoms with Crippen molar-refractivity contribution < 1.29 is 19.4 Å². The van der Waals surface area contributed by atoms with E-state index in [1.807, 2.05) is 18.3 Å². The van der Waals surface area contributed by atoms with E-state index in [9.17, 15) is 10.1 Å². The lowest BCUT2D eigenvalue weighted by atomic mass is 10.1. The van der Waals surface area contributed by atoms with E-state index < -0.39 is 5.97 Å². The molecule has 0 atom stereocenters. The number of hydrogen-bond donors (Lipinski definition) is 2. The van der Waals surface area contributed by atoms with E-state index in [-0.39, 0.29) is 0 Å². The Labute approximate surface area is 156 Å². The molecule has 0 saturated carbocycles. The van der Waals surface area contributed by atoms with Crippen LogP contribution in [0.5, 0.6) is 0 Å². The van der Waals surface area contributed by atoms with Gasteiger partial charge in [0.2, 0.25) is 0 Å². The van der Waals surface area contributed by atoms with Gasteiger partial charge in [0, 0.05) is 6.07 Å². The molecule has 136 valence electrons. The monoisotopic (exact) mass is 373 g/mol. The number of pyridine rings is 1. The van der Waals surface area contributed by atoms with Crippen LogP contribution in [0.4, 0.5) is 10.8 Å². The Kier molecular flexibility index (Phi) is 5.71. The van der Waals surface area contributed by atoms with E-state index in [0.717, 1.165) is 48.9 Å². The highest BCUT2D eigenvalue weighted by Gasteiger charge is 2.30. The van der Waals surface area contributed by atoms with E-state index in [2.05, 4.69) is 22.0 Å². The molecule has 1 saturated heterocycles. The zero-order valence-corrected chi connectivity index (χ0v) is 15.6. The van der Waals surface area contributed by atoms with Crippen LogP contribution < -0.4 is 20.5 Å². The molecule has 0 amide bonds. The second kappa shape index (κ2) is 8.17. The predicted octanol–water partition coefficient (Wildman–Crippen LogP) is 0.0979. The van der Waals surface area contributed by atoms with E-state index in [0.29, 0.717) is 28.6 Å². The average Bonchev–Trinajstić information content (AvgIpc) is 2.98. The lowest BCUT2D eigenvalue weighted by Crippen LogP contribution is -3.13. The van der Waals surface area contributed by atoms with Gasteiger partial charge in [0.1, 0.15) is 48.7 Å². The minimum absolute atomic E-state index is 0.303. The summed E-state index contributed by atoms with van der Waals surface area (Å²) in [7, 11) is 0. The summed E-state index contributed by atoms with van der Waals surface area (Å²) >= 11 is 1.15. The van der Waals surface area contributed by atoms with Gasteiger partial charge in [0.05, 0.1) is 23.9 Å². The number of anilines is 2. The van der Waals surface area contributed by atoms with Crippen LogP contribution in [0.3, 0.4) is 0 Å². The summed E-state index contributed by atoms with van der Waals surface area (Å²) in [6, 6.07) is 8.20. The quantitative estimate of drug-likeness (QED) is 0.725. The van der Waals surface area contributed by atoms with Crippen molar-refractivity contribution in [2.75, 3.05) is 43.4 Å². The van der Waals surface area contributed by atoms with E-state index in [1.165, 1.54) is 4.90 Å². The molecule has 7 nitrogen and oxygen atoms in total. The highest BCUT2D eigenvalue weighted by molar-refractivity contribution is 7.18. The number of ether oxygens (including phenoxy) is 1. The van der Waals surface area contributed by atoms with Crippen molar-refractivity contribution in [1.29, 1.82) is 5.26 Å². The van der Waals surface area contributed by atoms with Crippen molar-refractivity contribution in [3.8, 4) is 6.07 Å². The Bertz CT molecular complexity index is 807. The molecule has 4 N–H and O–H groups in total. The minimum Gasteiger partial charge on any atom is -0.462 e. The number of quaternary nitrogens is 1. The van der Waals surface area contributed by atoms with Gasteiger partial charge in [-0.05, 0) is 13.0 Å². The molecule has 8 heteroatoms. The van der Waals surface area contributed by atoms with Crippen LogP contribution in [-0.4, -0.2) is 38.8 Å². The fraction of sp³-hybridized carbons (Fsp3) is 0.389. The van der Waals surface area contributed by atoms with Gasteiger partial charge >= 0.3 is 5.97 Å². The summed E-state index contributed by atoms with van der Waals surface area (Å²) in [5.74, 6) is 0.717. The number of piperazine rings is 1. The second-order valence-electron chi connectivity index (χ2n) is 6.14. The number of hydrogen-bond acceptors (Lipinski definition) is 6. The molecule has 0 radical (unpaired) electrons. The number of nitrogens with zero attached hydrogens (tertiary/aromatic N) is 2. The summed E-state index contributed by atoms with van der Waals surface area (Å²) in [6.45, 7) is 6.34. The third kappa shape index (κ3) is 3.79. The minimum atomic E-state index is -0.391. The predicted molar refractivity (Wildman–Crippen MR) is 99.0 cm³/mol. The standard InChI is InChI=1S/C18H21N5O2S/c1-2-25-18(24)16-14(13(11-19)17(20)26-16)12-22-7-9-23(10-8-22)15-5-3-4-6-21-15/h3-6H,2,7-10,12,20H2,1H3/p+2. The first-order valence-electron chi connectivity index (χ1n) is 8.67. The molecule has 3 rings (SSSR count). The number of esters is 1. The van der Waals surface area contributed by atoms with Gasteiger partial charge in [-0.3, -0.25) is 4.90 Å². The Morgan fingerprint density at radius 2 is 2.23 bits per heavy atom. The van der Waals surface area contributed by atoms with Crippen LogP contribution in [0.25, 0.3) is 0 Å². The maximum atomic E-state index is 12.2. The Balaban J connectivity index is 1.72. The Morgan fingerprint density at radius 3 is 2.85 bits per heavy atom. The van der Waals surface area contributed by atoms with Gasteiger partial charge in [0.15, 0.2) is 0 Å². The molecular weight excluding hydrogens is 350 g/mol. The number of nitriles is 1. The van der Waals surface area contributed by atoms with E-state index in [4.69, 9.17) is 10.5 Å². The lowest BCUT2D eigenvalue weighted by molar-refractivity contribution is -0.914. The van der Waals surface area contributed by atoms with Crippen LogP contribution >= 0.6 is 11.3 Å². The van der Waals surface area contributed by atoms with Crippen molar-refractivity contribution in [2.24, 2.45) is 0 Å². The van der Waals surface area contributed by atoms with Crippen molar-refractivity contribution in [2.45, 2.75) is 13.5 Å². The number of thiophene rings is 1. The smallest absolute Gasteiger partial charge is 0.348 e. The summed E-state index contributed by atoms with van der Waals surface area (Å²) in [5.41, 5.74) is 7.10. The van der Waals surface area contributed by atoms with Gasteiger partial charge in [-0.25, -0.2) is 9.78 Å². The third-order valence-corrected chi connectivity index (χ3v) is 5.58. The van der Waals surface area contributed by atoms with Crippen molar-refractivity contribution >= 4 is 28.1 Å². The molecule has 0 unspecified atom stereocenters. The number of aromatic nitrogens is 1. The first-order valence-corrected chi connectivity index (χ1v) is 9.49. The molecular formula is C18H23N5O2S+2. The van der Waals surface area contributed by atoms with E-state index >= 15 is 0 Å². The fourth-order valence-corrected chi connectivity index (χ4v) is 4.14.